The van der Waals surface area contributed by atoms with Crippen LogP contribution in [0.4, 0.5) is 0 Å². The van der Waals surface area contributed by atoms with Crippen LogP contribution in [0.3, 0.4) is 0 Å². The van der Waals surface area contributed by atoms with E-state index in [1.165, 1.54) is 15.4 Å². The molecule has 0 bridgehead atoms. The van der Waals surface area contributed by atoms with Gasteiger partial charge >= 0.3 is 0 Å². The molecule has 0 atom stereocenters. The quantitative estimate of drug-likeness (QED) is 0.324. The van der Waals surface area contributed by atoms with Crippen LogP contribution in [-0.2, 0) is 11.8 Å². The SMILES string of the molecule is CCNC(=NCC1(c2ccc3c(c2)OCO3)CC1)NCCc1nc(C)c(C)s1.I. The van der Waals surface area contributed by atoms with Crippen LogP contribution in [0, 0.1) is 13.8 Å². The Labute approximate surface area is 193 Å². The highest BCUT2D eigenvalue weighted by molar-refractivity contribution is 14.0. The zero-order chi connectivity index (χ0) is 19.6. The van der Waals surface area contributed by atoms with Crippen LogP contribution < -0.4 is 20.1 Å². The average Bonchev–Trinajstić information content (AvgIpc) is 3.21. The summed E-state index contributed by atoms with van der Waals surface area (Å²) in [7, 11) is 0. The first-order chi connectivity index (χ1) is 13.6. The fraction of sp³-hybridized carbons (Fsp3) is 0.524. The van der Waals surface area contributed by atoms with Crippen molar-refractivity contribution in [1.82, 2.24) is 15.6 Å². The minimum absolute atomic E-state index is 0. The molecular formula is C21H29IN4O2S. The number of benzene rings is 1. The van der Waals surface area contributed by atoms with Gasteiger partial charge in [-0.25, -0.2) is 4.98 Å². The van der Waals surface area contributed by atoms with E-state index < -0.39 is 0 Å². The second-order valence-electron chi connectivity index (χ2n) is 7.47. The molecule has 1 aliphatic carbocycles. The Morgan fingerprint density at radius 3 is 2.69 bits per heavy atom. The number of rotatable bonds is 7. The summed E-state index contributed by atoms with van der Waals surface area (Å²) in [6, 6.07) is 6.30. The number of nitrogens with zero attached hydrogens (tertiary/aromatic N) is 2. The summed E-state index contributed by atoms with van der Waals surface area (Å²) in [4.78, 5) is 10.8. The van der Waals surface area contributed by atoms with E-state index in [1.54, 1.807) is 11.3 Å². The number of hydrogen-bond donors (Lipinski definition) is 2. The summed E-state index contributed by atoms with van der Waals surface area (Å²) >= 11 is 1.78. The van der Waals surface area contributed by atoms with Crippen molar-refractivity contribution in [1.29, 1.82) is 0 Å². The summed E-state index contributed by atoms with van der Waals surface area (Å²) in [5.41, 5.74) is 2.57. The lowest BCUT2D eigenvalue weighted by molar-refractivity contribution is 0.174. The van der Waals surface area contributed by atoms with Gasteiger partial charge < -0.3 is 20.1 Å². The number of aromatic nitrogens is 1. The molecule has 0 amide bonds. The van der Waals surface area contributed by atoms with Gasteiger partial charge in [-0.2, -0.15) is 0 Å². The standard InChI is InChI=1S/C21H28N4O2S.HI/c1-4-22-20(23-10-7-19-25-14(2)15(3)28-19)24-12-21(8-9-21)16-5-6-17-18(11-16)27-13-26-17;/h5-6,11H,4,7-10,12-13H2,1-3H3,(H2,22,23,24);1H. The van der Waals surface area contributed by atoms with Crippen molar-refractivity contribution in [2.24, 2.45) is 4.99 Å². The van der Waals surface area contributed by atoms with E-state index in [-0.39, 0.29) is 29.4 Å². The third-order valence-corrected chi connectivity index (χ3v) is 6.56. The fourth-order valence-corrected chi connectivity index (χ4v) is 4.35. The molecule has 1 aromatic carbocycles. The van der Waals surface area contributed by atoms with E-state index >= 15 is 0 Å². The second kappa shape index (κ2) is 9.51. The Morgan fingerprint density at radius 2 is 2.00 bits per heavy atom. The highest BCUT2D eigenvalue weighted by atomic mass is 127. The Kier molecular flexibility index (Phi) is 7.26. The van der Waals surface area contributed by atoms with Crippen LogP contribution in [0.25, 0.3) is 0 Å². The van der Waals surface area contributed by atoms with Gasteiger partial charge in [0.15, 0.2) is 17.5 Å². The van der Waals surface area contributed by atoms with Gasteiger partial charge in [0.2, 0.25) is 6.79 Å². The first-order valence-corrected chi connectivity index (χ1v) is 10.8. The van der Waals surface area contributed by atoms with Gasteiger partial charge in [0.25, 0.3) is 0 Å². The highest BCUT2D eigenvalue weighted by Crippen LogP contribution is 2.50. The smallest absolute Gasteiger partial charge is 0.231 e. The molecular weight excluding hydrogens is 499 g/mol. The van der Waals surface area contributed by atoms with E-state index in [9.17, 15) is 0 Å². The molecule has 0 spiro atoms. The van der Waals surface area contributed by atoms with Crippen LogP contribution >= 0.6 is 35.3 Å². The van der Waals surface area contributed by atoms with Crippen molar-refractivity contribution >= 4 is 41.3 Å². The number of thiazole rings is 1. The van der Waals surface area contributed by atoms with Crippen molar-refractivity contribution in [3.05, 3.63) is 39.3 Å². The molecule has 2 aliphatic rings. The van der Waals surface area contributed by atoms with Gasteiger partial charge in [0, 0.05) is 29.8 Å². The molecule has 1 fully saturated rings. The Hall–Kier alpha value is -1.55. The third-order valence-electron chi connectivity index (χ3n) is 5.43. The van der Waals surface area contributed by atoms with Crippen LogP contribution in [0.5, 0.6) is 11.5 Å². The summed E-state index contributed by atoms with van der Waals surface area (Å²) in [5, 5.41) is 7.99. The molecule has 0 unspecified atom stereocenters. The van der Waals surface area contributed by atoms with E-state index in [2.05, 4.69) is 48.5 Å². The lowest BCUT2D eigenvalue weighted by Gasteiger charge is -2.16. The Balaban J connectivity index is 0.00000240. The molecule has 0 radical (unpaired) electrons. The summed E-state index contributed by atoms with van der Waals surface area (Å²) in [5.74, 6) is 2.57. The number of guanidine groups is 1. The van der Waals surface area contributed by atoms with Crippen molar-refractivity contribution in [3.8, 4) is 11.5 Å². The monoisotopic (exact) mass is 528 g/mol. The number of hydrogen-bond acceptors (Lipinski definition) is 5. The van der Waals surface area contributed by atoms with Gasteiger partial charge in [-0.05, 0) is 51.3 Å². The van der Waals surface area contributed by atoms with E-state index in [0.717, 1.165) is 62.0 Å². The van der Waals surface area contributed by atoms with E-state index in [0.29, 0.717) is 6.79 Å². The van der Waals surface area contributed by atoms with Crippen molar-refractivity contribution in [3.63, 3.8) is 0 Å². The molecule has 2 heterocycles. The largest absolute Gasteiger partial charge is 0.454 e. The van der Waals surface area contributed by atoms with E-state index in [4.69, 9.17) is 14.5 Å². The number of halogens is 1. The Morgan fingerprint density at radius 1 is 1.21 bits per heavy atom. The highest BCUT2D eigenvalue weighted by Gasteiger charge is 2.44. The molecule has 6 nitrogen and oxygen atoms in total. The first kappa shape index (κ1) is 22.1. The maximum Gasteiger partial charge on any atom is 0.231 e. The van der Waals surface area contributed by atoms with Crippen LogP contribution in [0.2, 0.25) is 0 Å². The topological polar surface area (TPSA) is 67.8 Å². The van der Waals surface area contributed by atoms with Gasteiger partial charge in [0.1, 0.15) is 0 Å². The normalized spacial score (nSPS) is 16.3. The van der Waals surface area contributed by atoms with Crippen LogP contribution in [0.15, 0.2) is 23.2 Å². The third kappa shape index (κ3) is 5.14. The number of aliphatic imine (C=N–C) groups is 1. The first-order valence-electron chi connectivity index (χ1n) is 9.95. The molecule has 2 N–H and O–H groups in total. The molecule has 8 heteroatoms. The minimum Gasteiger partial charge on any atom is -0.454 e. The molecule has 158 valence electrons. The van der Waals surface area contributed by atoms with Gasteiger partial charge in [0.05, 0.1) is 17.2 Å². The van der Waals surface area contributed by atoms with E-state index in [1.807, 2.05) is 6.07 Å². The maximum absolute atomic E-state index is 5.54. The lowest BCUT2D eigenvalue weighted by Crippen LogP contribution is -2.39. The Bertz CT molecular complexity index is 860. The van der Waals surface area contributed by atoms with Crippen molar-refractivity contribution in [2.45, 2.75) is 45.4 Å². The number of ether oxygens (including phenoxy) is 2. The van der Waals surface area contributed by atoms with Crippen LogP contribution in [-0.4, -0.2) is 37.4 Å². The average molecular weight is 528 g/mol. The predicted octanol–water partition coefficient (Wildman–Crippen LogP) is 3.94. The molecule has 1 aromatic heterocycles. The molecule has 29 heavy (non-hydrogen) atoms. The zero-order valence-corrected chi connectivity index (χ0v) is 20.4. The van der Waals surface area contributed by atoms with Crippen molar-refractivity contribution in [2.75, 3.05) is 26.4 Å². The molecule has 1 saturated carbocycles. The molecule has 4 rings (SSSR count). The lowest BCUT2D eigenvalue weighted by atomic mass is 9.96. The molecule has 0 saturated heterocycles. The van der Waals surface area contributed by atoms with Gasteiger partial charge in [-0.1, -0.05) is 6.07 Å². The fourth-order valence-electron chi connectivity index (χ4n) is 3.42. The summed E-state index contributed by atoms with van der Waals surface area (Å²) in [6.07, 6.45) is 3.23. The number of fused-ring (bicyclic) bond motifs is 1. The number of aryl methyl sites for hydroxylation is 2. The molecule has 2 aromatic rings. The van der Waals surface area contributed by atoms with Crippen LogP contribution in [0.1, 0.15) is 40.9 Å². The zero-order valence-electron chi connectivity index (χ0n) is 17.2. The van der Waals surface area contributed by atoms with Gasteiger partial charge in [-0.3, -0.25) is 4.99 Å². The predicted molar refractivity (Wildman–Crippen MR) is 128 cm³/mol. The van der Waals surface area contributed by atoms with Gasteiger partial charge in [-0.15, -0.1) is 35.3 Å². The summed E-state index contributed by atoms with van der Waals surface area (Å²) < 4.78 is 11.0. The minimum atomic E-state index is 0. The second-order valence-corrected chi connectivity index (χ2v) is 8.76. The number of nitrogens with one attached hydrogen (secondary N) is 2. The van der Waals surface area contributed by atoms with Crippen molar-refractivity contribution < 1.29 is 9.47 Å². The summed E-state index contributed by atoms with van der Waals surface area (Å²) in [6.45, 7) is 9.05. The molecule has 1 aliphatic heterocycles. The maximum atomic E-state index is 5.54.